The van der Waals surface area contributed by atoms with Crippen molar-refractivity contribution in [2.75, 3.05) is 26.7 Å². The van der Waals surface area contributed by atoms with Crippen molar-refractivity contribution in [1.29, 1.82) is 0 Å². The van der Waals surface area contributed by atoms with E-state index in [0.29, 0.717) is 31.2 Å². The van der Waals surface area contributed by atoms with Gasteiger partial charge in [0.15, 0.2) is 5.96 Å². The molecule has 3 rings (SSSR count). The smallest absolute Gasteiger partial charge is 0.254 e. The van der Waals surface area contributed by atoms with Gasteiger partial charge in [0.05, 0.1) is 6.54 Å². The van der Waals surface area contributed by atoms with Crippen LogP contribution in [0.4, 0.5) is 0 Å². The van der Waals surface area contributed by atoms with Crippen LogP contribution in [0.1, 0.15) is 28.8 Å². The highest BCUT2D eigenvalue weighted by molar-refractivity contribution is 14.0. The highest BCUT2D eigenvalue weighted by atomic mass is 127. The van der Waals surface area contributed by atoms with E-state index in [1.807, 2.05) is 24.3 Å². The number of aliphatic imine (C=N–C) groups is 1. The van der Waals surface area contributed by atoms with E-state index in [0.717, 1.165) is 24.4 Å². The first-order valence-corrected chi connectivity index (χ1v) is 8.93. The summed E-state index contributed by atoms with van der Waals surface area (Å²) in [4.78, 5) is 29.7. The number of carbonyl (C=O) groups is 2. The Labute approximate surface area is 176 Å². The van der Waals surface area contributed by atoms with Gasteiger partial charge in [-0.1, -0.05) is 24.3 Å². The van der Waals surface area contributed by atoms with Crippen LogP contribution in [0.25, 0.3) is 0 Å². The molecule has 0 saturated carbocycles. The standard InChI is InChI=1S/C19H25N5O2.HI/c1-20-19(23-16-4-2-3-5-16)22-12-14-6-8-15(9-7-14)18(26)24-11-10-21-17(25)13-24;/h2-3,6-9,16H,4-5,10-13H2,1H3,(H,21,25)(H2,20,22,23);1H. The summed E-state index contributed by atoms with van der Waals surface area (Å²) in [7, 11) is 1.76. The monoisotopic (exact) mass is 483 g/mol. The molecule has 146 valence electrons. The zero-order chi connectivity index (χ0) is 18.4. The Balaban J connectivity index is 0.00000261. The molecule has 2 amide bonds. The van der Waals surface area contributed by atoms with Gasteiger partial charge in [-0.25, -0.2) is 0 Å². The van der Waals surface area contributed by atoms with Gasteiger partial charge < -0.3 is 20.9 Å². The zero-order valence-electron chi connectivity index (χ0n) is 15.4. The van der Waals surface area contributed by atoms with Gasteiger partial charge in [0.2, 0.25) is 5.91 Å². The normalized spacial score (nSPS) is 17.3. The molecule has 1 aromatic rings. The van der Waals surface area contributed by atoms with Crippen LogP contribution in [-0.4, -0.2) is 55.4 Å². The summed E-state index contributed by atoms with van der Waals surface area (Å²) in [6.45, 7) is 1.81. The number of benzene rings is 1. The number of carbonyl (C=O) groups excluding carboxylic acids is 2. The van der Waals surface area contributed by atoms with Crippen molar-refractivity contribution >= 4 is 41.8 Å². The molecular weight excluding hydrogens is 457 g/mol. The largest absolute Gasteiger partial charge is 0.353 e. The van der Waals surface area contributed by atoms with Crippen molar-refractivity contribution in [2.45, 2.75) is 25.4 Å². The second kappa shape index (κ2) is 10.3. The molecule has 0 unspecified atom stereocenters. The summed E-state index contributed by atoms with van der Waals surface area (Å²) in [5.74, 6) is 0.561. The molecule has 1 aromatic carbocycles. The lowest BCUT2D eigenvalue weighted by atomic mass is 10.1. The predicted octanol–water partition coefficient (Wildman–Crippen LogP) is 1.26. The van der Waals surface area contributed by atoms with E-state index in [1.54, 1.807) is 11.9 Å². The van der Waals surface area contributed by atoms with Crippen LogP contribution in [0.15, 0.2) is 41.4 Å². The van der Waals surface area contributed by atoms with Crippen molar-refractivity contribution in [2.24, 2.45) is 4.99 Å². The maximum Gasteiger partial charge on any atom is 0.254 e. The topological polar surface area (TPSA) is 85.8 Å². The zero-order valence-corrected chi connectivity index (χ0v) is 17.7. The van der Waals surface area contributed by atoms with Crippen LogP contribution in [0.2, 0.25) is 0 Å². The first-order chi connectivity index (χ1) is 12.7. The molecule has 8 heteroatoms. The van der Waals surface area contributed by atoms with Crippen LogP contribution in [0, 0.1) is 0 Å². The second-order valence-electron chi connectivity index (χ2n) is 6.48. The summed E-state index contributed by atoms with van der Waals surface area (Å²) in [5, 5.41) is 9.41. The molecule has 0 atom stereocenters. The number of nitrogens with zero attached hydrogens (tertiary/aromatic N) is 2. The Morgan fingerprint density at radius 2 is 1.96 bits per heavy atom. The average molecular weight is 483 g/mol. The lowest BCUT2D eigenvalue weighted by Crippen LogP contribution is -2.49. The first-order valence-electron chi connectivity index (χ1n) is 8.93. The van der Waals surface area contributed by atoms with E-state index in [2.05, 4.69) is 33.1 Å². The summed E-state index contributed by atoms with van der Waals surface area (Å²) < 4.78 is 0. The van der Waals surface area contributed by atoms with Gasteiger partial charge in [-0.2, -0.15) is 0 Å². The first kappa shape index (κ1) is 21.2. The number of hydrogen-bond acceptors (Lipinski definition) is 3. The molecule has 1 aliphatic carbocycles. The Hall–Kier alpha value is -2.10. The minimum Gasteiger partial charge on any atom is -0.353 e. The lowest BCUT2D eigenvalue weighted by Gasteiger charge is -2.26. The third-order valence-corrected chi connectivity index (χ3v) is 4.56. The molecule has 1 aliphatic heterocycles. The van der Waals surface area contributed by atoms with Gasteiger partial charge in [-0.15, -0.1) is 24.0 Å². The molecule has 0 bridgehead atoms. The summed E-state index contributed by atoms with van der Waals surface area (Å²) >= 11 is 0. The quantitative estimate of drug-likeness (QED) is 0.261. The van der Waals surface area contributed by atoms with E-state index < -0.39 is 0 Å². The van der Waals surface area contributed by atoms with E-state index in [1.165, 1.54) is 0 Å². The number of piperazine rings is 1. The van der Waals surface area contributed by atoms with Gasteiger partial charge in [0.25, 0.3) is 5.91 Å². The maximum absolute atomic E-state index is 12.5. The molecule has 1 saturated heterocycles. The Morgan fingerprint density at radius 3 is 2.59 bits per heavy atom. The lowest BCUT2D eigenvalue weighted by molar-refractivity contribution is -0.123. The minimum atomic E-state index is -0.109. The van der Waals surface area contributed by atoms with Crippen molar-refractivity contribution in [1.82, 2.24) is 20.9 Å². The fourth-order valence-corrected chi connectivity index (χ4v) is 3.07. The van der Waals surface area contributed by atoms with Crippen LogP contribution >= 0.6 is 24.0 Å². The molecule has 27 heavy (non-hydrogen) atoms. The van der Waals surface area contributed by atoms with Crippen molar-refractivity contribution in [3.63, 3.8) is 0 Å². The summed E-state index contributed by atoms with van der Waals surface area (Å²) in [5.41, 5.74) is 1.66. The SMILES string of the molecule is CN=C(NCc1ccc(C(=O)N2CCNC(=O)C2)cc1)NC1CC=CC1.I. The van der Waals surface area contributed by atoms with Crippen LogP contribution in [-0.2, 0) is 11.3 Å². The average Bonchev–Trinajstić information content (AvgIpc) is 3.18. The molecule has 1 fully saturated rings. The highest BCUT2D eigenvalue weighted by Crippen LogP contribution is 2.10. The molecule has 3 N–H and O–H groups in total. The molecule has 7 nitrogen and oxygen atoms in total. The van der Waals surface area contributed by atoms with E-state index in [-0.39, 0.29) is 42.3 Å². The number of nitrogens with one attached hydrogen (secondary N) is 3. The molecule has 1 heterocycles. The molecule has 0 radical (unpaired) electrons. The molecular formula is C19H26IN5O2. The Bertz CT molecular complexity index is 709. The van der Waals surface area contributed by atoms with Crippen molar-refractivity contribution in [3.05, 3.63) is 47.5 Å². The Morgan fingerprint density at radius 1 is 1.26 bits per heavy atom. The third kappa shape index (κ3) is 5.95. The van der Waals surface area contributed by atoms with Crippen LogP contribution in [0.5, 0.6) is 0 Å². The predicted molar refractivity (Wildman–Crippen MR) is 116 cm³/mol. The van der Waals surface area contributed by atoms with E-state index in [9.17, 15) is 9.59 Å². The van der Waals surface area contributed by atoms with Gasteiger partial charge in [-0.05, 0) is 30.5 Å². The minimum absolute atomic E-state index is 0. The molecule has 0 spiro atoms. The summed E-state index contributed by atoms with van der Waals surface area (Å²) in [6, 6.07) is 7.87. The van der Waals surface area contributed by atoms with Gasteiger partial charge in [0.1, 0.15) is 0 Å². The number of guanidine groups is 1. The second-order valence-corrected chi connectivity index (χ2v) is 6.48. The number of halogens is 1. The van der Waals surface area contributed by atoms with Crippen LogP contribution < -0.4 is 16.0 Å². The third-order valence-electron chi connectivity index (χ3n) is 4.56. The Kier molecular flexibility index (Phi) is 8.08. The van der Waals surface area contributed by atoms with Crippen LogP contribution in [0.3, 0.4) is 0 Å². The van der Waals surface area contributed by atoms with E-state index in [4.69, 9.17) is 0 Å². The van der Waals surface area contributed by atoms with Gasteiger partial charge in [-0.3, -0.25) is 14.6 Å². The fraction of sp³-hybridized carbons (Fsp3) is 0.421. The van der Waals surface area contributed by atoms with Gasteiger partial charge in [0, 0.05) is 38.3 Å². The van der Waals surface area contributed by atoms with Crippen molar-refractivity contribution < 1.29 is 9.59 Å². The number of rotatable bonds is 4. The van der Waals surface area contributed by atoms with Crippen molar-refractivity contribution in [3.8, 4) is 0 Å². The van der Waals surface area contributed by atoms with E-state index >= 15 is 0 Å². The maximum atomic E-state index is 12.5. The summed E-state index contributed by atoms with van der Waals surface area (Å²) in [6.07, 6.45) is 6.39. The number of amides is 2. The highest BCUT2D eigenvalue weighted by Gasteiger charge is 2.22. The number of hydrogen-bond donors (Lipinski definition) is 3. The molecule has 0 aromatic heterocycles. The molecule has 2 aliphatic rings. The fourth-order valence-electron chi connectivity index (χ4n) is 3.07. The van der Waals surface area contributed by atoms with Gasteiger partial charge >= 0.3 is 0 Å².